The molecule has 1 heteroatoms. The summed E-state index contributed by atoms with van der Waals surface area (Å²) in [5.74, 6) is 0.942. The normalized spacial score (nSPS) is 10.5. The van der Waals surface area contributed by atoms with Crippen molar-refractivity contribution in [2.24, 2.45) is 0 Å². The molecule has 1 nitrogen and oxygen atoms in total. The number of hydrogen-bond donors (Lipinski definition) is 0. The summed E-state index contributed by atoms with van der Waals surface area (Å²) in [7, 11) is 0. The first-order valence-corrected chi connectivity index (χ1v) is 8.10. The van der Waals surface area contributed by atoms with Crippen LogP contribution in [0.25, 0.3) is 11.1 Å². The Kier molecular flexibility index (Phi) is 6.87. The SMILES string of the molecule is CCCCCCCCOc1ccc[c]c1-c1ccccc1. The van der Waals surface area contributed by atoms with Gasteiger partial charge in [0.05, 0.1) is 6.61 Å². The van der Waals surface area contributed by atoms with Gasteiger partial charge < -0.3 is 4.74 Å². The Morgan fingerprint density at radius 1 is 0.857 bits per heavy atom. The Bertz CT molecular complexity index is 504. The Balaban J connectivity index is 1.84. The van der Waals surface area contributed by atoms with Crippen molar-refractivity contribution in [2.45, 2.75) is 45.4 Å². The first kappa shape index (κ1) is 15.6. The van der Waals surface area contributed by atoms with Crippen LogP contribution in [0.15, 0.2) is 48.5 Å². The monoisotopic (exact) mass is 281 g/mol. The zero-order valence-electron chi connectivity index (χ0n) is 13.0. The molecular formula is C20H25O. The summed E-state index contributed by atoms with van der Waals surface area (Å²) < 4.78 is 5.97. The van der Waals surface area contributed by atoms with Crippen molar-refractivity contribution < 1.29 is 4.74 Å². The maximum Gasteiger partial charge on any atom is 0.127 e. The van der Waals surface area contributed by atoms with Crippen LogP contribution < -0.4 is 4.74 Å². The molecule has 1 radical (unpaired) electrons. The molecule has 0 amide bonds. The molecule has 0 N–H and O–H groups in total. The zero-order valence-corrected chi connectivity index (χ0v) is 13.0. The minimum Gasteiger partial charge on any atom is -0.493 e. The van der Waals surface area contributed by atoms with Crippen molar-refractivity contribution in [3.63, 3.8) is 0 Å². The van der Waals surface area contributed by atoms with Gasteiger partial charge in [0.15, 0.2) is 0 Å². The van der Waals surface area contributed by atoms with Crippen LogP contribution >= 0.6 is 0 Å². The second-order valence-corrected chi connectivity index (χ2v) is 5.39. The van der Waals surface area contributed by atoms with E-state index in [0.717, 1.165) is 29.9 Å². The highest BCUT2D eigenvalue weighted by Gasteiger charge is 2.05. The molecule has 0 spiro atoms. The fourth-order valence-electron chi connectivity index (χ4n) is 2.44. The lowest BCUT2D eigenvalue weighted by Gasteiger charge is -2.11. The third kappa shape index (κ3) is 5.26. The van der Waals surface area contributed by atoms with Gasteiger partial charge in [-0.1, -0.05) is 81.5 Å². The van der Waals surface area contributed by atoms with E-state index in [9.17, 15) is 0 Å². The Labute approximate surface area is 129 Å². The molecule has 0 aliphatic carbocycles. The van der Waals surface area contributed by atoms with E-state index in [1.165, 1.54) is 32.1 Å². The van der Waals surface area contributed by atoms with Gasteiger partial charge in [-0.3, -0.25) is 0 Å². The van der Waals surface area contributed by atoms with E-state index < -0.39 is 0 Å². The summed E-state index contributed by atoms with van der Waals surface area (Å²) in [4.78, 5) is 0. The molecule has 0 heterocycles. The maximum atomic E-state index is 5.97. The molecule has 0 aliphatic rings. The van der Waals surface area contributed by atoms with Gasteiger partial charge in [-0.15, -0.1) is 0 Å². The van der Waals surface area contributed by atoms with Crippen LogP contribution in [0.2, 0.25) is 0 Å². The quantitative estimate of drug-likeness (QED) is 0.520. The summed E-state index contributed by atoms with van der Waals surface area (Å²) in [5.41, 5.74) is 2.22. The van der Waals surface area contributed by atoms with Crippen LogP contribution in [0.1, 0.15) is 45.4 Å². The summed E-state index contributed by atoms with van der Waals surface area (Å²) in [6.45, 7) is 3.05. The smallest absolute Gasteiger partial charge is 0.127 e. The lowest BCUT2D eigenvalue weighted by Crippen LogP contribution is -1.98. The van der Waals surface area contributed by atoms with E-state index in [2.05, 4.69) is 25.1 Å². The standard InChI is InChI=1S/C20H25O/c1-2-3-4-5-6-12-17-21-20-16-11-10-15-19(20)18-13-8-7-9-14-18/h7-11,13-14,16H,2-6,12,17H2,1H3. The molecule has 0 saturated heterocycles. The lowest BCUT2D eigenvalue weighted by molar-refractivity contribution is 0.305. The summed E-state index contributed by atoms with van der Waals surface area (Å²) >= 11 is 0. The van der Waals surface area contributed by atoms with Gasteiger partial charge in [-0.25, -0.2) is 0 Å². The second kappa shape index (κ2) is 9.23. The predicted molar refractivity (Wildman–Crippen MR) is 89.6 cm³/mol. The molecule has 2 rings (SSSR count). The molecule has 0 bridgehead atoms. The fraction of sp³-hybridized carbons (Fsp3) is 0.400. The second-order valence-electron chi connectivity index (χ2n) is 5.39. The minimum absolute atomic E-state index is 0.795. The molecule has 21 heavy (non-hydrogen) atoms. The van der Waals surface area contributed by atoms with Gasteiger partial charge in [-0.2, -0.15) is 0 Å². The van der Waals surface area contributed by atoms with Crippen molar-refractivity contribution in [2.75, 3.05) is 6.61 Å². The minimum atomic E-state index is 0.795. The van der Waals surface area contributed by atoms with Gasteiger partial charge in [0, 0.05) is 5.56 Å². The highest BCUT2D eigenvalue weighted by molar-refractivity contribution is 5.69. The van der Waals surface area contributed by atoms with Crippen LogP contribution in [0.3, 0.4) is 0 Å². The van der Waals surface area contributed by atoms with Gasteiger partial charge in [0.25, 0.3) is 0 Å². The third-order valence-corrected chi connectivity index (χ3v) is 3.64. The van der Waals surface area contributed by atoms with Gasteiger partial charge in [0.2, 0.25) is 0 Å². The van der Waals surface area contributed by atoms with Gasteiger partial charge >= 0.3 is 0 Å². The molecule has 2 aromatic carbocycles. The summed E-state index contributed by atoms with van der Waals surface area (Å²) in [6, 6.07) is 19.6. The van der Waals surface area contributed by atoms with Crippen molar-refractivity contribution >= 4 is 0 Å². The Morgan fingerprint density at radius 3 is 2.43 bits per heavy atom. The molecule has 111 valence electrons. The Hall–Kier alpha value is -1.76. The number of hydrogen-bond acceptors (Lipinski definition) is 1. The lowest BCUT2D eigenvalue weighted by atomic mass is 10.0. The average Bonchev–Trinajstić information content (AvgIpc) is 2.55. The van der Waals surface area contributed by atoms with Crippen LogP contribution in [-0.2, 0) is 0 Å². The third-order valence-electron chi connectivity index (χ3n) is 3.64. The van der Waals surface area contributed by atoms with Crippen LogP contribution in [0.5, 0.6) is 5.75 Å². The fourth-order valence-corrected chi connectivity index (χ4v) is 2.44. The maximum absolute atomic E-state index is 5.97. The molecule has 0 atom stereocenters. The van der Waals surface area contributed by atoms with E-state index >= 15 is 0 Å². The van der Waals surface area contributed by atoms with Crippen molar-refractivity contribution in [1.29, 1.82) is 0 Å². The number of rotatable bonds is 9. The van der Waals surface area contributed by atoms with Crippen molar-refractivity contribution in [1.82, 2.24) is 0 Å². The number of benzene rings is 2. The number of ether oxygens (including phenoxy) is 1. The van der Waals surface area contributed by atoms with Gasteiger partial charge in [0.1, 0.15) is 5.75 Å². The van der Waals surface area contributed by atoms with E-state index in [4.69, 9.17) is 4.74 Å². The molecule has 0 aliphatic heterocycles. The predicted octanol–water partition coefficient (Wildman–Crippen LogP) is 5.89. The highest BCUT2D eigenvalue weighted by atomic mass is 16.5. The molecule has 0 saturated carbocycles. The van der Waals surface area contributed by atoms with Crippen molar-refractivity contribution in [3.8, 4) is 16.9 Å². The summed E-state index contributed by atoms with van der Waals surface area (Å²) in [6.07, 6.45) is 7.72. The van der Waals surface area contributed by atoms with Crippen molar-refractivity contribution in [3.05, 3.63) is 54.6 Å². The van der Waals surface area contributed by atoms with E-state index in [1.54, 1.807) is 0 Å². The first-order valence-electron chi connectivity index (χ1n) is 8.10. The van der Waals surface area contributed by atoms with E-state index in [0.29, 0.717) is 0 Å². The molecule has 0 aromatic heterocycles. The van der Waals surface area contributed by atoms with Gasteiger partial charge in [-0.05, 0) is 24.1 Å². The largest absolute Gasteiger partial charge is 0.493 e. The Morgan fingerprint density at radius 2 is 1.62 bits per heavy atom. The van der Waals surface area contributed by atoms with Crippen LogP contribution in [-0.4, -0.2) is 6.61 Å². The first-order chi connectivity index (χ1) is 10.4. The zero-order chi connectivity index (χ0) is 14.8. The molecule has 0 fully saturated rings. The molecule has 2 aromatic rings. The summed E-state index contributed by atoms with van der Waals surface area (Å²) in [5, 5.41) is 0. The van der Waals surface area contributed by atoms with Crippen LogP contribution in [0.4, 0.5) is 0 Å². The van der Waals surface area contributed by atoms with Crippen LogP contribution in [0, 0.1) is 6.07 Å². The average molecular weight is 281 g/mol. The topological polar surface area (TPSA) is 9.23 Å². The van der Waals surface area contributed by atoms with E-state index in [1.807, 2.05) is 36.4 Å². The molecule has 0 unspecified atom stereocenters. The number of unbranched alkanes of at least 4 members (excludes halogenated alkanes) is 5. The van der Waals surface area contributed by atoms with E-state index in [-0.39, 0.29) is 0 Å². The molecular weight excluding hydrogens is 256 g/mol. The highest BCUT2D eigenvalue weighted by Crippen LogP contribution is 2.29.